The van der Waals surface area contributed by atoms with Gasteiger partial charge in [0.2, 0.25) is 0 Å². The van der Waals surface area contributed by atoms with Gasteiger partial charge in [-0.2, -0.15) is 0 Å². The SMILES string of the molecule is CC(C)Cn1c(SCC(=O)O)nc2ccc(F)c(F)c21. The molecule has 0 atom stereocenters. The van der Waals surface area contributed by atoms with E-state index < -0.39 is 17.6 Å². The van der Waals surface area contributed by atoms with E-state index in [1.165, 1.54) is 6.07 Å². The number of aliphatic carboxylic acids is 1. The van der Waals surface area contributed by atoms with Crippen LogP contribution in [0.3, 0.4) is 0 Å². The first-order valence-corrected chi connectivity index (χ1v) is 7.07. The van der Waals surface area contributed by atoms with Crippen LogP contribution in [-0.4, -0.2) is 26.4 Å². The topological polar surface area (TPSA) is 55.1 Å². The van der Waals surface area contributed by atoms with Gasteiger partial charge in [0.25, 0.3) is 0 Å². The molecule has 0 saturated heterocycles. The van der Waals surface area contributed by atoms with Crippen molar-refractivity contribution in [2.45, 2.75) is 25.5 Å². The Kier molecular flexibility index (Phi) is 4.27. The molecule has 0 unspecified atom stereocenters. The minimum absolute atomic E-state index is 0.0894. The lowest BCUT2D eigenvalue weighted by Crippen LogP contribution is -2.08. The van der Waals surface area contributed by atoms with Crippen LogP contribution in [0.5, 0.6) is 0 Å². The maximum Gasteiger partial charge on any atom is 0.313 e. The summed E-state index contributed by atoms with van der Waals surface area (Å²) in [5.41, 5.74) is 0.420. The van der Waals surface area contributed by atoms with Crippen LogP contribution >= 0.6 is 11.8 Å². The number of imidazole rings is 1. The summed E-state index contributed by atoms with van der Waals surface area (Å²) in [6.07, 6.45) is 0. The normalized spacial score (nSPS) is 11.4. The molecule has 108 valence electrons. The Morgan fingerprint density at radius 1 is 1.45 bits per heavy atom. The predicted octanol–water partition coefficient (Wildman–Crippen LogP) is 3.15. The summed E-state index contributed by atoms with van der Waals surface area (Å²) in [4.78, 5) is 14.8. The number of hydrogen-bond acceptors (Lipinski definition) is 3. The second-order valence-corrected chi connectivity index (χ2v) is 5.75. The molecular formula is C13H14F2N2O2S. The molecule has 0 bridgehead atoms. The van der Waals surface area contributed by atoms with Gasteiger partial charge in [0.05, 0.1) is 11.3 Å². The highest BCUT2D eigenvalue weighted by molar-refractivity contribution is 7.99. The number of aromatic nitrogens is 2. The summed E-state index contributed by atoms with van der Waals surface area (Å²) < 4.78 is 28.9. The summed E-state index contributed by atoms with van der Waals surface area (Å²) in [5, 5.41) is 9.12. The van der Waals surface area contributed by atoms with Crippen molar-refractivity contribution in [3.05, 3.63) is 23.8 Å². The molecule has 2 aromatic rings. The lowest BCUT2D eigenvalue weighted by molar-refractivity contribution is -0.133. The van der Waals surface area contributed by atoms with E-state index >= 15 is 0 Å². The third kappa shape index (κ3) is 2.92. The van der Waals surface area contributed by atoms with Crippen LogP contribution in [0.2, 0.25) is 0 Å². The Morgan fingerprint density at radius 2 is 2.15 bits per heavy atom. The van der Waals surface area contributed by atoms with Crippen molar-refractivity contribution in [1.82, 2.24) is 9.55 Å². The number of carboxylic acid groups (broad SMARTS) is 1. The maximum absolute atomic E-state index is 14.0. The molecule has 4 nitrogen and oxygen atoms in total. The Balaban J connectivity index is 2.55. The van der Waals surface area contributed by atoms with E-state index in [0.717, 1.165) is 17.8 Å². The zero-order chi connectivity index (χ0) is 14.9. The fraction of sp³-hybridized carbons (Fsp3) is 0.385. The summed E-state index contributed by atoms with van der Waals surface area (Å²) >= 11 is 1.00. The van der Waals surface area contributed by atoms with Crippen molar-refractivity contribution >= 4 is 28.8 Å². The van der Waals surface area contributed by atoms with E-state index in [1.807, 2.05) is 13.8 Å². The van der Waals surface area contributed by atoms with Crippen LogP contribution in [-0.2, 0) is 11.3 Å². The van der Waals surface area contributed by atoms with E-state index in [2.05, 4.69) is 4.98 Å². The van der Waals surface area contributed by atoms with Crippen LogP contribution in [0.15, 0.2) is 17.3 Å². The fourth-order valence-electron chi connectivity index (χ4n) is 1.91. The van der Waals surface area contributed by atoms with Crippen molar-refractivity contribution in [3.63, 3.8) is 0 Å². The summed E-state index contributed by atoms with van der Waals surface area (Å²) in [7, 11) is 0. The largest absolute Gasteiger partial charge is 0.481 e. The highest BCUT2D eigenvalue weighted by Crippen LogP contribution is 2.28. The molecular weight excluding hydrogens is 286 g/mol. The first-order valence-electron chi connectivity index (χ1n) is 6.09. The second kappa shape index (κ2) is 5.78. The monoisotopic (exact) mass is 300 g/mol. The van der Waals surface area contributed by atoms with Gasteiger partial charge in [-0.05, 0) is 18.1 Å². The molecule has 1 aromatic heterocycles. The predicted molar refractivity (Wildman–Crippen MR) is 72.8 cm³/mol. The molecule has 0 saturated carbocycles. The van der Waals surface area contributed by atoms with Gasteiger partial charge in [-0.15, -0.1) is 0 Å². The fourth-order valence-corrected chi connectivity index (χ4v) is 2.64. The number of hydrogen-bond donors (Lipinski definition) is 1. The van der Waals surface area contributed by atoms with Crippen LogP contribution in [0.1, 0.15) is 13.8 Å². The Labute approximate surface area is 118 Å². The van der Waals surface area contributed by atoms with E-state index in [0.29, 0.717) is 17.2 Å². The van der Waals surface area contributed by atoms with Crippen molar-refractivity contribution in [3.8, 4) is 0 Å². The van der Waals surface area contributed by atoms with Gasteiger partial charge in [0.15, 0.2) is 16.8 Å². The molecule has 1 aromatic carbocycles. The van der Waals surface area contributed by atoms with Gasteiger partial charge >= 0.3 is 5.97 Å². The third-order valence-electron chi connectivity index (χ3n) is 2.64. The molecule has 1 N–H and O–H groups in total. The Morgan fingerprint density at radius 3 is 2.75 bits per heavy atom. The van der Waals surface area contributed by atoms with E-state index in [9.17, 15) is 13.6 Å². The molecule has 0 radical (unpaired) electrons. The minimum Gasteiger partial charge on any atom is -0.481 e. The zero-order valence-corrected chi connectivity index (χ0v) is 11.9. The van der Waals surface area contributed by atoms with Crippen molar-refractivity contribution in [2.75, 3.05) is 5.75 Å². The molecule has 0 aliphatic carbocycles. The van der Waals surface area contributed by atoms with Crippen molar-refractivity contribution < 1.29 is 18.7 Å². The maximum atomic E-state index is 14.0. The molecule has 2 rings (SSSR count). The number of thioether (sulfide) groups is 1. The zero-order valence-electron chi connectivity index (χ0n) is 11.1. The molecule has 7 heteroatoms. The summed E-state index contributed by atoms with van der Waals surface area (Å²) in [5.74, 6) is -2.84. The number of benzene rings is 1. The number of carboxylic acids is 1. The Hall–Kier alpha value is -1.63. The van der Waals surface area contributed by atoms with Gasteiger partial charge < -0.3 is 9.67 Å². The lowest BCUT2D eigenvalue weighted by atomic mass is 10.2. The van der Waals surface area contributed by atoms with Crippen LogP contribution in [0, 0.1) is 17.6 Å². The summed E-state index contributed by atoms with van der Waals surface area (Å²) in [6.45, 7) is 4.32. The highest BCUT2D eigenvalue weighted by atomic mass is 32.2. The molecule has 0 aliphatic heterocycles. The minimum atomic E-state index is -0.982. The van der Waals surface area contributed by atoms with E-state index in [4.69, 9.17) is 5.11 Å². The third-order valence-corrected chi connectivity index (χ3v) is 3.60. The van der Waals surface area contributed by atoms with Crippen molar-refractivity contribution in [2.24, 2.45) is 5.92 Å². The van der Waals surface area contributed by atoms with E-state index in [-0.39, 0.29) is 17.2 Å². The smallest absolute Gasteiger partial charge is 0.313 e. The Bertz CT molecular complexity index is 655. The van der Waals surface area contributed by atoms with E-state index in [1.54, 1.807) is 4.57 Å². The summed E-state index contributed by atoms with van der Waals surface area (Å²) in [6, 6.07) is 2.42. The molecule has 20 heavy (non-hydrogen) atoms. The first-order chi connectivity index (χ1) is 9.40. The van der Waals surface area contributed by atoms with Gasteiger partial charge in [0.1, 0.15) is 5.52 Å². The molecule has 0 aliphatic rings. The second-order valence-electron chi connectivity index (χ2n) is 4.81. The van der Waals surface area contributed by atoms with Crippen LogP contribution < -0.4 is 0 Å². The van der Waals surface area contributed by atoms with Gasteiger partial charge in [-0.3, -0.25) is 4.79 Å². The standard InChI is InChI=1S/C13H14F2N2O2S/c1-7(2)5-17-12-9(4-3-8(14)11(12)15)16-13(17)20-6-10(18)19/h3-4,7H,5-6H2,1-2H3,(H,18,19). The quantitative estimate of drug-likeness (QED) is 0.862. The number of nitrogens with zero attached hydrogens (tertiary/aromatic N) is 2. The molecule has 1 heterocycles. The molecule has 0 spiro atoms. The van der Waals surface area contributed by atoms with Crippen molar-refractivity contribution in [1.29, 1.82) is 0 Å². The molecule has 0 amide bonds. The van der Waals surface area contributed by atoms with Gasteiger partial charge in [-0.25, -0.2) is 13.8 Å². The van der Waals surface area contributed by atoms with Crippen LogP contribution in [0.25, 0.3) is 11.0 Å². The number of rotatable bonds is 5. The number of fused-ring (bicyclic) bond motifs is 1. The van der Waals surface area contributed by atoms with Crippen LogP contribution in [0.4, 0.5) is 8.78 Å². The lowest BCUT2D eigenvalue weighted by Gasteiger charge is -2.11. The highest BCUT2D eigenvalue weighted by Gasteiger charge is 2.19. The number of carbonyl (C=O) groups is 1. The molecule has 0 fully saturated rings. The average Bonchev–Trinajstić information content (AvgIpc) is 2.69. The van der Waals surface area contributed by atoms with Gasteiger partial charge in [-0.1, -0.05) is 25.6 Å². The van der Waals surface area contributed by atoms with Gasteiger partial charge in [0, 0.05) is 6.54 Å². The number of halogens is 2. The first kappa shape index (κ1) is 14.8. The average molecular weight is 300 g/mol.